The van der Waals surface area contributed by atoms with Crippen molar-refractivity contribution < 1.29 is 9.47 Å². The molecule has 1 aliphatic heterocycles. The fourth-order valence-electron chi connectivity index (χ4n) is 2.32. The Morgan fingerprint density at radius 1 is 1.18 bits per heavy atom. The zero-order valence-electron chi connectivity index (χ0n) is 10.7. The molecule has 0 radical (unpaired) electrons. The van der Waals surface area contributed by atoms with E-state index in [-0.39, 0.29) is 5.54 Å². The second-order valence-electron chi connectivity index (χ2n) is 5.87. The molecular weight excluding hydrogens is 214 g/mol. The van der Waals surface area contributed by atoms with E-state index in [1.54, 1.807) is 0 Å². The number of benzene rings is 1. The molecule has 1 heterocycles. The van der Waals surface area contributed by atoms with Crippen molar-refractivity contribution >= 4 is 0 Å². The first-order valence-corrected chi connectivity index (χ1v) is 6.17. The lowest BCUT2D eigenvalue weighted by Gasteiger charge is -2.16. The smallest absolute Gasteiger partial charge is 0.246 e. The van der Waals surface area contributed by atoms with Gasteiger partial charge in [0.1, 0.15) is 0 Å². The molecule has 2 aliphatic rings. The second kappa shape index (κ2) is 3.16. The standard InChI is InChI=1S/C14H19NO2/c1-9-6-11-12(17-13(2,3)16-11)7-10(9)8-14(15)4-5-14/h6-7H,4-5,8,15H2,1-3H3. The fraction of sp³-hybridized carbons (Fsp3) is 0.571. The van der Waals surface area contributed by atoms with Gasteiger partial charge in [-0.05, 0) is 49.4 Å². The second-order valence-corrected chi connectivity index (χ2v) is 5.87. The average Bonchev–Trinajstić information content (AvgIpc) is 2.82. The summed E-state index contributed by atoms with van der Waals surface area (Å²) in [5.41, 5.74) is 8.73. The van der Waals surface area contributed by atoms with Crippen LogP contribution in [0.5, 0.6) is 11.5 Å². The molecule has 2 N–H and O–H groups in total. The topological polar surface area (TPSA) is 44.5 Å². The van der Waals surface area contributed by atoms with Crippen LogP contribution in [0, 0.1) is 6.92 Å². The molecule has 17 heavy (non-hydrogen) atoms. The van der Waals surface area contributed by atoms with Crippen LogP contribution in [0.4, 0.5) is 0 Å². The quantitative estimate of drug-likeness (QED) is 0.853. The number of rotatable bonds is 2. The molecule has 92 valence electrons. The van der Waals surface area contributed by atoms with Crippen LogP contribution in [0.2, 0.25) is 0 Å². The van der Waals surface area contributed by atoms with Crippen molar-refractivity contribution in [2.45, 2.75) is 51.4 Å². The Morgan fingerprint density at radius 2 is 1.76 bits per heavy atom. The number of hydrogen-bond donors (Lipinski definition) is 1. The molecule has 0 unspecified atom stereocenters. The minimum atomic E-state index is -0.548. The molecule has 0 amide bonds. The molecule has 0 aromatic heterocycles. The summed E-state index contributed by atoms with van der Waals surface area (Å²) in [5, 5.41) is 0. The molecule has 1 aliphatic carbocycles. The molecule has 0 bridgehead atoms. The number of ether oxygens (including phenoxy) is 2. The number of hydrogen-bond acceptors (Lipinski definition) is 3. The van der Waals surface area contributed by atoms with Gasteiger partial charge in [0.25, 0.3) is 0 Å². The molecule has 3 rings (SSSR count). The van der Waals surface area contributed by atoms with Gasteiger partial charge < -0.3 is 15.2 Å². The van der Waals surface area contributed by atoms with Crippen molar-refractivity contribution in [3.05, 3.63) is 23.3 Å². The molecule has 1 fully saturated rings. The largest absolute Gasteiger partial charge is 0.449 e. The summed E-state index contributed by atoms with van der Waals surface area (Å²) in [7, 11) is 0. The van der Waals surface area contributed by atoms with Crippen LogP contribution in [-0.4, -0.2) is 11.3 Å². The van der Waals surface area contributed by atoms with Gasteiger partial charge in [-0.15, -0.1) is 0 Å². The molecule has 1 saturated carbocycles. The third kappa shape index (κ3) is 2.00. The molecule has 3 heteroatoms. The van der Waals surface area contributed by atoms with Gasteiger partial charge in [0.2, 0.25) is 5.79 Å². The van der Waals surface area contributed by atoms with Gasteiger partial charge in [-0.3, -0.25) is 0 Å². The highest BCUT2D eigenvalue weighted by molar-refractivity contribution is 5.50. The molecule has 0 atom stereocenters. The molecular formula is C14H19NO2. The zero-order chi connectivity index (χ0) is 12.3. The third-order valence-electron chi connectivity index (χ3n) is 3.55. The van der Waals surface area contributed by atoms with Gasteiger partial charge in [0.15, 0.2) is 11.5 Å². The summed E-state index contributed by atoms with van der Waals surface area (Å²) in [6.07, 6.45) is 3.20. The first-order chi connectivity index (χ1) is 7.87. The van der Waals surface area contributed by atoms with Gasteiger partial charge in [-0.2, -0.15) is 0 Å². The maximum atomic E-state index is 6.17. The Bertz CT molecular complexity index is 475. The summed E-state index contributed by atoms with van der Waals surface area (Å²) in [4.78, 5) is 0. The van der Waals surface area contributed by atoms with Crippen molar-refractivity contribution in [1.29, 1.82) is 0 Å². The monoisotopic (exact) mass is 233 g/mol. The van der Waals surface area contributed by atoms with E-state index in [1.807, 2.05) is 13.8 Å². The van der Waals surface area contributed by atoms with Gasteiger partial charge >= 0.3 is 0 Å². The highest BCUT2D eigenvalue weighted by Gasteiger charge is 2.39. The van der Waals surface area contributed by atoms with Crippen LogP contribution in [0.1, 0.15) is 37.8 Å². The third-order valence-corrected chi connectivity index (χ3v) is 3.55. The maximum Gasteiger partial charge on any atom is 0.246 e. The summed E-state index contributed by atoms with van der Waals surface area (Å²) in [5.74, 6) is 1.14. The summed E-state index contributed by atoms with van der Waals surface area (Å²) in [6.45, 7) is 5.96. The van der Waals surface area contributed by atoms with E-state index in [0.29, 0.717) is 0 Å². The maximum absolute atomic E-state index is 6.17. The number of fused-ring (bicyclic) bond motifs is 1. The van der Waals surface area contributed by atoms with Crippen molar-refractivity contribution in [2.24, 2.45) is 5.73 Å². The highest BCUT2D eigenvalue weighted by Crippen LogP contribution is 2.43. The molecule has 3 nitrogen and oxygen atoms in total. The Kier molecular flexibility index (Phi) is 2.03. The van der Waals surface area contributed by atoms with E-state index >= 15 is 0 Å². The Hall–Kier alpha value is -1.22. The first kappa shape index (κ1) is 10.9. The van der Waals surface area contributed by atoms with E-state index < -0.39 is 5.79 Å². The fourth-order valence-corrected chi connectivity index (χ4v) is 2.32. The van der Waals surface area contributed by atoms with Crippen LogP contribution in [0.15, 0.2) is 12.1 Å². The minimum absolute atomic E-state index is 0.0357. The van der Waals surface area contributed by atoms with Gasteiger partial charge in [-0.25, -0.2) is 0 Å². The lowest BCUT2D eigenvalue weighted by atomic mass is 9.99. The Morgan fingerprint density at radius 3 is 2.35 bits per heavy atom. The van der Waals surface area contributed by atoms with Gasteiger partial charge in [0, 0.05) is 19.4 Å². The number of nitrogens with two attached hydrogens (primary N) is 1. The van der Waals surface area contributed by atoms with Gasteiger partial charge in [0.05, 0.1) is 0 Å². The molecule has 0 saturated heterocycles. The van der Waals surface area contributed by atoms with Crippen LogP contribution in [-0.2, 0) is 6.42 Å². The Labute approximate surface area is 102 Å². The predicted molar refractivity (Wildman–Crippen MR) is 66.4 cm³/mol. The van der Waals surface area contributed by atoms with E-state index in [0.717, 1.165) is 30.8 Å². The summed E-state index contributed by atoms with van der Waals surface area (Å²) >= 11 is 0. The van der Waals surface area contributed by atoms with E-state index in [2.05, 4.69) is 19.1 Å². The summed E-state index contributed by atoms with van der Waals surface area (Å²) in [6, 6.07) is 4.15. The van der Waals surface area contributed by atoms with Crippen LogP contribution >= 0.6 is 0 Å². The lowest BCUT2D eigenvalue weighted by Crippen LogP contribution is -2.29. The SMILES string of the molecule is Cc1cc2c(cc1CC1(N)CC1)OC(C)(C)O2. The minimum Gasteiger partial charge on any atom is -0.449 e. The van der Waals surface area contributed by atoms with Gasteiger partial charge in [-0.1, -0.05) is 0 Å². The van der Waals surface area contributed by atoms with Crippen LogP contribution in [0.3, 0.4) is 0 Å². The van der Waals surface area contributed by atoms with Crippen LogP contribution in [0.25, 0.3) is 0 Å². The van der Waals surface area contributed by atoms with Crippen LogP contribution < -0.4 is 15.2 Å². The normalized spacial score (nSPS) is 22.6. The summed E-state index contributed by atoms with van der Waals surface area (Å²) < 4.78 is 11.5. The first-order valence-electron chi connectivity index (χ1n) is 6.17. The molecule has 1 aromatic carbocycles. The average molecular weight is 233 g/mol. The predicted octanol–water partition coefficient (Wildman–Crippen LogP) is 2.54. The van der Waals surface area contributed by atoms with E-state index in [4.69, 9.17) is 15.2 Å². The van der Waals surface area contributed by atoms with Crippen molar-refractivity contribution in [3.63, 3.8) is 0 Å². The molecule has 0 spiro atoms. The lowest BCUT2D eigenvalue weighted by molar-refractivity contribution is -0.0431. The molecule has 1 aromatic rings. The highest BCUT2D eigenvalue weighted by atomic mass is 16.7. The van der Waals surface area contributed by atoms with Crippen molar-refractivity contribution in [2.75, 3.05) is 0 Å². The van der Waals surface area contributed by atoms with Crippen molar-refractivity contribution in [3.8, 4) is 11.5 Å². The zero-order valence-corrected chi connectivity index (χ0v) is 10.7. The Balaban J connectivity index is 1.92. The van der Waals surface area contributed by atoms with E-state index in [1.165, 1.54) is 11.1 Å². The number of aryl methyl sites for hydroxylation is 1. The van der Waals surface area contributed by atoms with Crippen molar-refractivity contribution in [1.82, 2.24) is 0 Å². The van der Waals surface area contributed by atoms with E-state index in [9.17, 15) is 0 Å².